The molecule has 0 aromatic heterocycles. The average molecular weight is 560 g/mol. The van der Waals surface area contributed by atoms with E-state index < -0.39 is 18.3 Å². The number of benzene rings is 4. The summed E-state index contributed by atoms with van der Waals surface area (Å²) in [5.41, 5.74) is 10.1. The van der Waals surface area contributed by atoms with Gasteiger partial charge in [0.2, 0.25) is 0 Å². The third-order valence-corrected chi connectivity index (χ3v) is 24.9. The van der Waals surface area contributed by atoms with Crippen LogP contribution < -0.4 is 3.27 Å². The summed E-state index contributed by atoms with van der Waals surface area (Å²) in [4.78, 5) is 0. The average Bonchev–Trinajstić information content (AvgIpc) is 3.56. The normalized spacial score (nSPS) is 14.8. The van der Waals surface area contributed by atoms with Crippen molar-refractivity contribution in [2.24, 2.45) is 5.92 Å². The summed E-state index contributed by atoms with van der Waals surface area (Å²) in [7, 11) is 0. The summed E-state index contributed by atoms with van der Waals surface area (Å²) in [5.74, 6) is 0.541. The van der Waals surface area contributed by atoms with Crippen LogP contribution in [0.5, 0.6) is 0 Å². The quantitative estimate of drug-likeness (QED) is 0.202. The molecule has 37 heavy (non-hydrogen) atoms. The Morgan fingerprint density at radius 3 is 1.89 bits per heavy atom. The van der Waals surface area contributed by atoms with Crippen molar-refractivity contribution in [3.8, 4) is 11.1 Å². The molecule has 0 aliphatic heterocycles. The van der Waals surface area contributed by atoms with Gasteiger partial charge in [-0.05, 0) is 0 Å². The number of hydrogen-bond acceptors (Lipinski definition) is 0. The van der Waals surface area contributed by atoms with Crippen LogP contribution in [0.25, 0.3) is 11.1 Å². The van der Waals surface area contributed by atoms with Crippen LogP contribution in [-0.4, -0.2) is 3.21 Å². The third kappa shape index (κ3) is 3.86. The van der Waals surface area contributed by atoms with Crippen molar-refractivity contribution in [1.29, 1.82) is 0 Å². The van der Waals surface area contributed by atoms with Crippen LogP contribution in [0, 0.1) is 5.92 Å². The molecule has 4 aromatic carbocycles. The van der Waals surface area contributed by atoms with Gasteiger partial charge in [-0.25, -0.2) is 0 Å². The third-order valence-electron chi connectivity index (χ3n) is 9.06. The molecule has 2 aliphatic carbocycles. The Morgan fingerprint density at radius 2 is 1.27 bits per heavy atom. The zero-order chi connectivity index (χ0) is 25.6. The number of allylic oxidation sites excluding steroid dienone is 4. The molecule has 0 radical (unpaired) electrons. The fraction of sp³-hybridized carbons (Fsp3) is 0.194. The zero-order valence-electron chi connectivity index (χ0n) is 22.5. The van der Waals surface area contributed by atoms with Crippen LogP contribution >= 0.6 is 0 Å². The minimum absolute atomic E-state index is 0.541. The van der Waals surface area contributed by atoms with E-state index in [1.807, 2.05) is 0 Å². The van der Waals surface area contributed by atoms with E-state index in [1.54, 1.807) is 15.3 Å². The first-order chi connectivity index (χ1) is 17.9. The Bertz CT molecular complexity index is 1580. The molecule has 0 saturated heterocycles. The summed E-state index contributed by atoms with van der Waals surface area (Å²) >= 11 is -4.16. The maximum absolute atomic E-state index is 4.16. The molecule has 0 nitrogen and oxygen atoms in total. The van der Waals surface area contributed by atoms with Crippen LogP contribution in [0.2, 0.25) is 9.26 Å². The van der Waals surface area contributed by atoms with Crippen LogP contribution in [0.4, 0.5) is 0 Å². The van der Waals surface area contributed by atoms with E-state index in [-0.39, 0.29) is 0 Å². The Balaban J connectivity index is 1.78. The molecule has 0 amide bonds. The van der Waals surface area contributed by atoms with Crippen molar-refractivity contribution in [3.63, 3.8) is 0 Å². The van der Waals surface area contributed by atoms with E-state index in [4.69, 9.17) is 0 Å². The molecule has 0 saturated carbocycles. The van der Waals surface area contributed by atoms with E-state index in [2.05, 4.69) is 138 Å². The zero-order valence-corrected chi connectivity index (χ0v) is 24.9. The van der Waals surface area contributed by atoms with Crippen molar-refractivity contribution >= 4 is 6.48 Å². The fourth-order valence-electron chi connectivity index (χ4n) is 7.04. The van der Waals surface area contributed by atoms with Gasteiger partial charge in [-0.15, -0.1) is 0 Å². The van der Waals surface area contributed by atoms with Crippen molar-refractivity contribution in [2.45, 2.75) is 36.0 Å². The molecule has 0 spiro atoms. The number of fused-ring (bicyclic) bond motifs is 3. The Kier molecular flexibility index (Phi) is 6.04. The molecule has 0 atom stereocenters. The molecular formula is C36H36Zr. The van der Waals surface area contributed by atoms with Gasteiger partial charge >= 0.3 is 224 Å². The van der Waals surface area contributed by atoms with E-state index >= 15 is 0 Å². The van der Waals surface area contributed by atoms with Crippen molar-refractivity contribution in [2.75, 3.05) is 0 Å². The number of hydrogen-bond donors (Lipinski definition) is 0. The van der Waals surface area contributed by atoms with Crippen LogP contribution in [0.15, 0.2) is 124 Å². The van der Waals surface area contributed by atoms with E-state index in [1.165, 1.54) is 33.4 Å². The molecular weight excluding hydrogens is 524 g/mol. The Hall–Kier alpha value is -2.89. The first-order valence-corrected chi connectivity index (χ1v) is 22.3. The molecule has 0 fully saturated rings. The van der Waals surface area contributed by atoms with Gasteiger partial charge in [0.15, 0.2) is 0 Å². The molecule has 0 N–H and O–H groups in total. The van der Waals surface area contributed by atoms with Gasteiger partial charge in [0.1, 0.15) is 0 Å². The van der Waals surface area contributed by atoms with E-state index in [0.717, 1.165) is 12.8 Å². The van der Waals surface area contributed by atoms with Crippen LogP contribution in [0.1, 0.15) is 42.5 Å². The summed E-state index contributed by atoms with van der Waals surface area (Å²) in [6, 6.07) is 38.7. The monoisotopic (exact) mass is 558 g/mol. The summed E-state index contributed by atoms with van der Waals surface area (Å²) in [5, 5.41) is 0. The molecule has 6 rings (SSSR count). The molecule has 1 heteroatoms. The Labute approximate surface area is 223 Å². The maximum atomic E-state index is 2.71. The SMILES string of the molecule is CC(C)C1=CC[C]([Zr]([CH3])([CH3])(=[C](c2ccccc2)c2ccccc2)[c]2cccc3c2Cc2ccccc2-3)=C1. The predicted molar refractivity (Wildman–Crippen MR) is 158 cm³/mol. The molecule has 184 valence electrons. The van der Waals surface area contributed by atoms with Gasteiger partial charge < -0.3 is 0 Å². The van der Waals surface area contributed by atoms with Crippen molar-refractivity contribution in [3.05, 3.63) is 146 Å². The second-order valence-electron chi connectivity index (χ2n) is 11.9. The molecule has 4 aromatic rings. The van der Waals surface area contributed by atoms with Gasteiger partial charge in [-0.3, -0.25) is 0 Å². The van der Waals surface area contributed by atoms with Crippen molar-refractivity contribution in [1.82, 2.24) is 0 Å². The molecule has 0 heterocycles. The Morgan fingerprint density at radius 1 is 0.676 bits per heavy atom. The second kappa shape index (κ2) is 9.14. The van der Waals surface area contributed by atoms with Gasteiger partial charge in [0.05, 0.1) is 0 Å². The summed E-state index contributed by atoms with van der Waals surface area (Å²) < 4.78 is 10.3. The summed E-state index contributed by atoms with van der Waals surface area (Å²) in [6.45, 7) is 4.66. The summed E-state index contributed by atoms with van der Waals surface area (Å²) in [6.07, 6.45) is 7.20. The predicted octanol–water partition coefficient (Wildman–Crippen LogP) is 8.81. The minimum atomic E-state index is -4.16. The number of rotatable bonds is 5. The first-order valence-electron chi connectivity index (χ1n) is 13.7. The van der Waals surface area contributed by atoms with E-state index in [0.29, 0.717) is 5.92 Å². The van der Waals surface area contributed by atoms with E-state index in [9.17, 15) is 0 Å². The first kappa shape index (κ1) is 24.4. The van der Waals surface area contributed by atoms with Gasteiger partial charge in [0.25, 0.3) is 0 Å². The van der Waals surface area contributed by atoms with Crippen molar-refractivity contribution < 1.29 is 18.3 Å². The van der Waals surface area contributed by atoms with Gasteiger partial charge in [-0.2, -0.15) is 0 Å². The molecule has 2 aliphatic rings. The van der Waals surface area contributed by atoms with Gasteiger partial charge in [-0.1, -0.05) is 0 Å². The van der Waals surface area contributed by atoms with Gasteiger partial charge in [0, 0.05) is 0 Å². The second-order valence-corrected chi connectivity index (χ2v) is 27.7. The molecule has 0 bridgehead atoms. The fourth-order valence-corrected chi connectivity index (χ4v) is 21.9. The van der Waals surface area contributed by atoms with Crippen LogP contribution in [-0.2, 0) is 24.7 Å². The molecule has 0 unspecified atom stereocenters. The van der Waals surface area contributed by atoms with Crippen LogP contribution in [0.3, 0.4) is 0 Å². The topological polar surface area (TPSA) is 0 Å². The standard InChI is InChI=1S/C13H9.C13H10.C8H11.2CH3.Zr/c1-3-7-12-10(5-1)9-11-6-2-4-8-13(11)12;1-3-7-12(8-4-1)11-13-9-5-2-6-10-13;1-7(2)8-5-3-4-6-8;;;/h1-5,7-8H,9H2;1-10H;5-7H,3H2,1-2H3;2*1H3;.